The number of carbonyl (C=O) groups excluding carboxylic acids is 2. The number of ether oxygens (including phenoxy) is 2. The third kappa shape index (κ3) is 2.59. The van der Waals surface area contributed by atoms with Crippen molar-refractivity contribution in [2.75, 3.05) is 18.6 Å². The number of amides is 1. The molecule has 1 aliphatic heterocycles. The van der Waals surface area contributed by atoms with Crippen LogP contribution in [-0.4, -0.2) is 31.6 Å². The van der Waals surface area contributed by atoms with E-state index >= 15 is 0 Å². The Balaban J connectivity index is 1.98. The number of esters is 1. The largest absolute Gasteiger partial charge is 0.475 e. The van der Waals surface area contributed by atoms with Gasteiger partial charge in [-0.3, -0.25) is 9.69 Å². The number of hydrogen-bond acceptors (Lipinski definition) is 5. The quantitative estimate of drug-likeness (QED) is 0.765. The first-order valence-corrected chi connectivity index (χ1v) is 7.30. The van der Waals surface area contributed by atoms with Crippen LogP contribution in [0.1, 0.15) is 10.6 Å². The average molecular weight is 366 g/mol. The summed E-state index contributed by atoms with van der Waals surface area (Å²) in [4.78, 5) is 25.9. The van der Waals surface area contributed by atoms with Crippen LogP contribution < -0.4 is 9.64 Å². The number of fused-ring (bicyclic) bond motifs is 1. The minimum atomic E-state index is -0.873. The summed E-state index contributed by atoms with van der Waals surface area (Å²) in [6, 6.07) is 10.2. The van der Waals surface area contributed by atoms with Gasteiger partial charge in [-0.05, 0) is 40.2 Å². The zero-order valence-corrected chi connectivity index (χ0v) is 13.2. The van der Waals surface area contributed by atoms with Crippen molar-refractivity contribution in [3.05, 3.63) is 46.8 Å². The fourth-order valence-electron chi connectivity index (χ4n) is 2.24. The zero-order chi connectivity index (χ0) is 15.7. The molecular formula is C15H12BrNO5. The number of methoxy groups -OCH3 is 1. The van der Waals surface area contributed by atoms with Gasteiger partial charge in [0, 0.05) is 0 Å². The van der Waals surface area contributed by atoms with Crippen LogP contribution in [0, 0.1) is 0 Å². The molecule has 114 valence electrons. The van der Waals surface area contributed by atoms with Crippen LogP contribution in [0.15, 0.2) is 45.5 Å². The van der Waals surface area contributed by atoms with Gasteiger partial charge in [-0.25, -0.2) is 4.79 Å². The number of anilines is 1. The fourth-order valence-corrected chi connectivity index (χ4v) is 2.55. The van der Waals surface area contributed by atoms with E-state index < -0.39 is 12.1 Å². The van der Waals surface area contributed by atoms with E-state index in [1.54, 1.807) is 36.4 Å². The molecule has 2 aromatic rings. The molecule has 3 rings (SSSR count). The van der Waals surface area contributed by atoms with Crippen molar-refractivity contribution in [1.82, 2.24) is 0 Å². The minimum absolute atomic E-state index is 0.0564. The van der Waals surface area contributed by atoms with Gasteiger partial charge in [0.15, 0.2) is 10.4 Å². The van der Waals surface area contributed by atoms with Gasteiger partial charge < -0.3 is 13.9 Å². The van der Waals surface area contributed by atoms with E-state index in [0.717, 1.165) is 0 Å². The Hall–Kier alpha value is -2.28. The molecule has 22 heavy (non-hydrogen) atoms. The SMILES string of the molecule is COC(=O)[C@H]1CN(C(=O)c2ccc(Br)o2)c2ccccc2O1. The maximum atomic E-state index is 12.6. The van der Waals surface area contributed by atoms with Crippen LogP contribution in [0.25, 0.3) is 0 Å². The van der Waals surface area contributed by atoms with Gasteiger partial charge in [0.1, 0.15) is 5.75 Å². The second-order valence-corrected chi connectivity index (χ2v) is 5.40. The Bertz CT molecular complexity index is 726. The first-order valence-electron chi connectivity index (χ1n) is 6.51. The summed E-state index contributed by atoms with van der Waals surface area (Å²) in [6.45, 7) is 0.0564. The Kier molecular flexibility index (Phi) is 3.89. The Labute approximate surface area is 134 Å². The van der Waals surface area contributed by atoms with Gasteiger partial charge in [-0.15, -0.1) is 0 Å². The van der Waals surface area contributed by atoms with Gasteiger partial charge in [-0.2, -0.15) is 0 Å². The number of carbonyl (C=O) groups is 2. The number of halogens is 1. The number of furan rings is 1. The highest BCUT2D eigenvalue weighted by Gasteiger charge is 2.35. The average Bonchev–Trinajstić information content (AvgIpc) is 2.98. The number of rotatable bonds is 2. The lowest BCUT2D eigenvalue weighted by Crippen LogP contribution is -2.47. The van der Waals surface area contributed by atoms with Crippen molar-refractivity contribution < 1.29 is 23.5 Å². The molecule has 0 saturated heterocycles. The van der Waals surface area contributed by atoms with E-state index in [-0.39, 0.29) is 18.2 Å². The van der Waals surface area contributed by atoms with Crippen molar-refractivity contribution in [2.24, 2.45) is 0 Å². The van der Waals surface area contributed by atoms with Gasteiger partial charge in [0.05, 0.1) is 19.3 Å². The van der Waals surface area contributed by atoms with E-state index in [1.165, 1.54) is 12.0 Å². The normalized spacial score (nSPS) is 16.6. The van der Waals surface area contributed by atoms with Crippen LogP contribution in [0.2, 0.25) is 0 Å². The molecule has 7 heteroatoms. The van der Waals surface area contributed by atoms with Crippen molar-refractivity contribution in [3.8, 4) is 5.75 Å². The Morgan fingerprint density at radius 2 is 2.05 bits per heavy atom. The van der Waals surface area contributed by atoms with Crippen molar-refractivity contribution >= 4 is 33.5 Å². The topological polar surface area (TPSA) is 69.0 Å². The zero-order valence-electron chi connectivity index (χ0n) is 11.6. The van der Waals surface area contributed by atoms with E-state index in [0.29, 0.717) is 16.1 Å². The van der Waals surface area contributed by atoms with Crippen LogP contribution >= 0.6 is 15.9 Å². The smallest absolute Gasteiger partial charge is 0.348 e. The second-order valence-electron chi connectivity index (χ2n) is 4.62. The first kappa shape index (κ1) is 14.6. The van der Waals surface area contributed by atoms with Crippen molar-refractivity contribution in [2.45, 2.75) is 6.10 Å². The van der Waals surface area contributed by atoms with E-state index in [4.69, 9.17) is 13.9 Å². The van der Waals surface area contributed by atoms with E-state index in [2.05, 4.69) is 15.9 Å². The standard InChI is InChI=1S/C15H12BrNO5/c1-20-15(19)12-8-17(9-4-2-3-5-10(9)21-12)14(18)11-6-7-13(16)22-11/h2-7,12H,8H2,1H3/t12-/m1/s1. The van der Waals surface area contributed by atoms with Crippen LogP contribution in [0.5, 0.6) is 5.75 Å². The molecule has 1 aliphatic rings. The molecule has 1 atom stereocenters. The molecule has 2 heterocycles. The second kappa shape index (κ2) is 5.84. The van der Waals surface area contributed by atoms with E-state index in [9.17, 15) is 9.59 Å². The number of nitrogens with zero attached hydrogens (tertiary/aromatic N) is 1. The number of benzene rings is 1. The van der Waals surface area contributed by atoms with Crippen LogP contribution in [0.3, 0.4) is 0 Å². The molecule has 0 saturated carbocycles. The van der Waals surface area contributed by atoms with Gasteiger partial charge >= 0.3 is 5.97 Å². The van der Waals surface area contributed by atoms with Gasteiger partial charge in [0.25, 0.3) is 5.91 Å². The third-order valence-corrected chi connectivity index (χ3v) is 3.69. The summed E-state index contributed by atoms with van der Waals surface area (Å²) in [5.41, 5.74) is 0.583. The van der Waals surface area contributed by atoms with Crippen LogP contribution in [-0.2, 0) is 9.53 Å². The summed E-state index contributed by atoms with van der Waals surface area (Å²) in [6.07, 6.45) is -0.873. The highest BCUT2D eigenvalue weighted by Crippen LogP contribution is 2.34. The summed E-state index contributed by atoms with van der Waals surface area (Å²) < 4.78 is 16.1. The maximum absolute atomic E-state index is 12.6. The number of para-hydroxylation sites is 2. The first-order chi connectivity index (χ1) is 10.6. The van der Waals surface area contributed by atoms with Crippen LogP contribution in [0.4, 0.5) is 5.69 Å². The molecule has 0 radical (unpaired) electrons. The molecule has 1 aromatic carbocycles. The molecule has 0 spiro atoms. The molecule has 0 bridgehead atoms. The predicted octanol–water partition coefficient (Wildman–Crippen LogP) is 2.62. The predicted molar refractivity (Wildman–Crippen MR) is 81.0 cm³/mol. The molecule has 0 aliphatic carbocycles. The lowest BCUT2D eigenvalue weighted by molar-refractivity contribution is -0.148. The van der Waals surface area contributed by atoms with Gasteiger partial charge in [0.2, 0.25) is 6.10 Å². The van der Waals surface area contributed by atoms with Crippen molar-refractivity contribution in [1.29, 1.82) is 0 Å². The molecule has 1 aromatic heterocycles. The van der Waals surface area contributed by atoms with Gasteiger partial charge in [-0.1, -0.05) is 12.1 Å². The van der Waals surface area contributed by atoms with E-state index in [1.807, 2.05) is 0 Å². The Morgan fingerprint density at radius 3 is 2.73 bits per heavy atom. The highest BCUT2D eigenvalue weighted by atomic mass is 79.9. The summed E-state index contributed by atoms with van der Waals surface area (Å²) >= 11 is 3.17. The maximum Gasteiger partial charge on any atom is 0.348 e. The summed E-state index contributed by atoms with van der Waals surface area (Å²) in [5.74, 6) is -0.265. The molecular weight excluding hydrogens is 354 g/mol. The molecule has 6 nitrogen and oxygen atoms in total. The number of hydrogen-bond donors (Lipinski definition) is 0. The molecule has 0 unspecified atom stereocenters. The summed E-state index contributed by atoms with van der Waals surface area (Å²) in [7, 11) is 1.28. The fraction of sp³-hybridized carbons (Fsp3) is 0.200. The lowest BCUT2D eigenvalue weighted by atomic mass is 10.1. The monoisotopic (exact) mass is 365 g/mol. The minimum Gasteiger partial charge on any atom is -0.475 e. The highest BCUT2D eigenvalue weighted by molar-refractivity contribution is 9.10. The Morgan fingerprint density at radius 1 is 1.27 bits per heavy atom. The third-order valence-electron chi connectivity index (χ3n) is 3.27. The molecule has 1 amide bonds. The lowest BCUT2D eigenvalue weighted by Gasteiger charge is -2.33. The van der Waals surface area contributed by atoms with Crippen molar-refractivity contribution in [3.63, 3.8) is 0 Å². The molecule has 0 fully saturated rings. The summed E-state index contributed by atoms with van der Waals surface area (Å²) in [5, 5.41) is 0. The molecule has 0 N–H and O–H groups in total.